The second-order valence-corrected chi connectivity index (χ2v) is 9.88. The molecule has 1 saturated heterocycles. The predicted molar refractivity (Wildman–Crippen MR) is 112 cm³/mol. The van der Waals surface area contributed by atoms with E-state index in [2.05, 4.69) is 5.32 Å². The molecule has 2 aromatic rings. The van der Waals surface area contributed by atoms with E-state index in [-0.39, 0.29) is 17.9 Å². The van der Waals surface area contributed by atoms with Gasteiger partial charge in [0.05, 0.1) is 11.2 Å². The maximum absolute atomic E-state index is 13.0. The molecule has 1 atom stereocenters. The zero-order chi connectivity index (χ0) is 21.0. The van der Waals surface area contributed by atoms with Crippen LogP contribution in [-0.2, 0) is 21.2 Å². The average molecular weight is 419 g/mol. The number of furan rings is 1. The van der Waals surface area contributed by atoms with Gasteiger partial charge in [-0.1, -0.05) is 17.7 Å². The molecule has 158 valence electrons. The number of benzene rings is 1. The van der Waals surface area contributed by atoms with E-state index in [0.717, 1.165) is 29.7 Å². The van der Waals surface area contributed by atoms with Crippen molar-refractivity contribution in [3.63, 3.8) is 0 Å². The Morgan fingerprint density at radius 2 is 1.97 bits per heavy atom. The number of piperidine rings is 1. The molecule has 1 aromatic heterocycles. The quantitative estimate of drug-likeness (QED) is 0.747. The summed E-state index contributed by atoms with van der Waals surface area (Å²) in [5, 5.41) is 3.06. The van der Waals surface area contributed by atoms with Crippen LogP contribution in [0.5, 0.6) is 0 Å². The fourth-order valence-electron chi connectivity index (χ4n) is 3.83. The molecule has 1 unspecified atom stereocenters. The first kappa shape index (κ1) is 21.6. The van der Waals surface area contributed by atoms with Crippen molar-refractivity contribution in [1.29, 1.82) is 0 Å². The molecule has 1 amide bonds. The Kier molecular flexibility index (Phi) is 6.80. The summed E-state index contributed by atoms with van der Waals surface area (Å²) in [5.74, 6) is 0.781. The molecule has 1 aliphatic rings. The van der Waals surface area contributed by atoms with Crippen LogP contribution >= 0.6 is 0 Å². The van der Waals surface area contributed by atoms with E-state index in [1.165, 1.54) is 4.31 Å². The van der Waals surface area contributed by atoms with Crippen LogP contribution in [0.4, 0.5) is 0 Å². The summed E-state index contributed by atoms with van der Waals surface area (Å²) in [7, 11) is -3.52. The Bertz CT molecular complexity index is 930. The molecular formula is C22H30N2O4S. The van der Waals surface area contributed by atoms with Crippen molar-refractivity contribution in [3.05, 3.63) is 53.5 Å². The second kappa shape index (κ2) is 9.13. The summed E-state index contributed by atoms with van der Waals surface area (Å²) >= 11 is 0. The fraction of sp³-hybridized carbons (Fsp3) is 0.500. The first-order valence-electron chi connectivity index (χ1n) is 10.2. The molecule has 7 heteroatoms. The van der Waals surface area contributed by atoms with E-state index in [9.17, 15) is 13.2 Å². The number of carbonyl (C=O) groups excluding carboxylic acids is 1. The van der Waals surface area contributed by atoms with E-state index in [1.807, 2.05) is 45.0 Å². The minimum Gasteiger partial charge on any atom is -0.469 e. The zero-order valence-corrected chi connectivity index (χ0v) is 18.2. The molecule has 0 saturated carbocycles. The summed E-state index contributed by atoms with van der Waals surface area (Å²) in [6.45, 7) is 6.50. The van der Waals surface area contributed by atoms with Crippen LogP contribution in [0.3, 0.4) is 0 Å². The predicted octanol–water partition coefficient (Wildman–Crippen LogP) is 3.43. The van der Waals surface area contributed by atoms with Crippen LogP contribution < -0.4 is 5.32 Å². The number of rotatable bonds is 7. The minimum absolute atomic E-state index is 0.0144. The first-order chi connectivity index (χ1) is 13.8. The topological polar surface area (TPSA) is 79.6 Å². The highest BCUT2D eigenvalue weighted by Gasteiger charge is 2.33. The molecule has 1 N–H and O–H groups in total. The molecule has 0 radical (unpaired) electrons. The zero-order valence-electron chi connectivity index (χ0n) is 17.3. The van der Waals surface area contributed by atoms with Crippen molar-refractivity contribution >= 4 is 15.9 Å². The number of carbonyl (C=O) groups is 1. The third kappa shape index (κ3) is 5.28. The van der Waals surface area contributed by atoms with Crippen LogP contribution in [0.1, 0.15) is 43.1 Å². The molecule has 0 aliphatic carbocycles. The van der Waals surface area contributed by atoms with E-state index < -0.39 is 10.0 Å². The maximum atomic E-state index is 13.0. The first-order valence-corrected chi connectivity index (χ1v) is 11.6. The smallest absolute Gasteiger partial charge is 0.243 e. The highest BCUT2D eigenvalue weighted by molar-refractivity contribution is 7.89. The average Bonchev–Trinajstić information content (AvgIpc) is 3.20. The standard InChI is InChI=1S/C22H30N2O4S/c1-16-6-9-21(17(2)15-16)29(26,27)24-12-10-19(11-13-24)22(25)23-18(3)7-8-20-5-4-14-28-20/h4-6,9,14-15,18-19H,7-8,10-13H2,1-3H3,(H,23,25). The molecule has 0 bridgehead atoms. The molecule has 1 fully saturated rings. The van der Waals surface area contributed by atoms with Gasteiger partial charge in [0.15, 0.2) is 0 Å². The Morgan fingerprint density at radius 3 is 2.59 bits per heavy atom. The largest absolute Gasteiger partial charge is 0.469 e. The fourth-order valence-corrected chi connectivity index (χ4v) is 5.51. The van der Waals surface area contributed by atoms with Gasteiger partial charge in [-0.2, -0.15) is 4.31 Å². The monoisotopic (exact) mass is 418 g/mol. The molecule has 2 heterocycles. The summed E-state index contributed by atoms with van der Waals surface area (Å²) in [6, 6.07) is 9.23. The lowest BCUT2D eigenvalue weighted by atomic mass is 9.96. The molecular weight excluding hydrogens is 388 g/mol. The molecule has 1 aromatic carbocycles. The van der Waals surface area contributed by atoms with E-state index in [1.54, 1.807) is 12.3 Å². The summed E-state index contributed by atoms with van der Waals surface area (Å²) in [4.78, 5) is 12.9. The lowest BCUT2D eigenvalue weighted by Crippen LogP contribution is -2.45. The van der Waals surface area contributed by atoms with Crippen LogP contribution in [0.2, 0.25) is 0 Å². The number of nitrogens with zero attached hydrogens (tertiary/aromatic N) is 1. The van der Waals surface area contributed by atoms with Crippen molar-refractivity contribution in [2.75, 3.05) is 13.1 Å². The van der Waals surface area contributed by atoms with Crippen LogP contribution in [0.25, 0.3) is 0 Å². The van der Waals surface area contributed by atoms with Gasteiger partial charge in [-0.05, 0) is 63.8 Å². The second-order valence-electron chi connectivity index (χ2n) is 7.97. The van der Waals surface area contributed by atoms with Crippen molar-refractivity contribution in [1.82, 2.24) is 9.62 Å². The van der Waals surface area contributed by atoms with Crippen molar-refractivity contribution < 1.29 is 17.6 Å². The molecule has 29 heavy (non-hydrogen) atoms. The maximum Gasteiger partial charge on any atom is 0.243 e. The Balaban J connectivity index is 1.52. The lowest BCUT2D eigenvalue weighted by molar-refractivity contribution is -0.126. The molecule has 0 spiro atoms. The summed E-state index contributed by atoms with van der Waals surface area (Å²) in [5.41, 5.74) is 1.80. The van der Waals surface area contributed by atoms with Gasteiger partial charge >= 0.3 is 0 Å². The van der Waals surface area contributed by atoms with E-state index >= 15 is 0 Å². The van der Waals surface area contributed by atoms with Crippen LogP contribution in [0, 0.1) is 19.8 Å². The van der Waals surface area contributed by atoms with Crippen LogP contribution in [0.15, 0.2) is 45.9 Å². The molecule has 3 rings (SSSR count). The number of hydrogen-bond donors (Lipinski definition) is 1. The number of hydrogen-bond acceptors (Lipinski definition) is 4. The SMILES string of the molecule is Cc1ccc(S(=O)(=O)N2CCC(C(=O)NC(C)CCc3ccco3)CC2)c(C)c1. The van der Waals surface area contributed by atoms with E-state index in [0.29, 0.717) is 30.8 Å². The molecule has 6 nitrogen and oxygen atoms in total. The van der Waals surface area contributed by atoms with Gasteiger partial charge in [0.2, 0.25) is 15.9 Å². The van der Waals surface area contributed by atoms with Gasteiger partial charge in [-0.15, -0.1) is 0 Å². The number of nitrogens with one attached hydrogen (secondary N) is 1. The normalized spacial score (nSPS) is 17.2. The summed E-state index contributed by atoms with van der Waals surface area (Å²) < 4.78 is 32.8. The Labute approximate surface area is 173 Å². The summed E-state index contributed by atoms with van der Waals surface area (Å²) in [6.07, 6.45) is 4.32. The van der Waals surface area contributed by atoms with Crippen molar-refractivity contribution in [2.24, 2.45) is 5.92 Å². The highest BCUT2D eigenvalue weighted by atomic mass is 32.2. The van der Waals surface area contributed by atoms with Crippen molar-refractivity contribution in [2.45, 2.75) is 57.4 Å². The van der Waals surface area contributed by atoms with Gasteiger partial charge in [0.25, 0.3) is 0 Å². The third-order valence-corrected chi connectivity index (χ3v) is 7.62. The Morgan fingerprint density at radius 1 is 1.24 bits per heavy atom. The van der Waals surface area contributed by atoms with Gasteiger partial charge in [0.1, 0.15) is 5.76 Å². The number of aryl methyl sites for hydroxylation is 3. The van der Waals surface area contributed by atoms with Gasteiger partial charge in [-0.3, -0.25) is 4.79 Å². The highest BCUT2D eigenvalue weighted by Crippen LogP contribution is 2.26. The number of amides is 1. The minimum atomic E-state index is -3.52. The van der Waals surface area contributed by atoms with Crippen LogP contribution in [-0.4, -0.2) is 37.8 Å². The van der Waals surface area contributed by atoms with Gasteiger partial charge in [-0.25, -0.2) is 8.42 Å². The van der Waals surface area contributed by atoms with Gasteiger partial charge < -0.3 is 9.73 Å². The molecule has 1 aliphatic heterocycles. The number of sulfonamides is 1. The lowest BCUT2D eigenvalue weighted by Gasteiger charge is -2.31. The third-order valence-electron chi connectivity index (χ3n) is 5.57. The van der Waals surface area contributed by atoms with Crippen molar-refractivity contribution in [3.8, 4) is 0 Å². The Hall–Kier alpha value is -2.12. The van der Waals surface area contributed by atoms with E-state index in [4.69, 9.17) is 4.42 Å². The van der Waals surface area contributed by atoms with Gasteiger partial charge in [0, 0.05) is 31.5 Å².